The molecule has 2 rings (SSSR count). The van der Waals surface area contributed by atoms with Crippen molar-refractivity contribution in [2.75, 3.05) is 0 Å². The van der Waals surface area contributed by atoms with Gasteiger partial charge in [0, 0.05) is 0 Å². The highest BCUT2D eigenvalue weighted by molar-refractivity contribution is 7.55. The number of halogens is 6. The first-order chi connectivity index (χ1) is 15.7. The molecule has 4 nitrogen and oxygen atoms in total. The summed E-state index contributed by atoms with van der Waals surface area (Å²) in [6.45, 7) is 11.0. The van der Waals surface area contributed by atoms with Crippen molar-refractivity contribution in [3.8, 4) is 5.75 Å². The molecule has 1 aliphatic rings. The number of hydrogen-bond acceptors (Lipinski definition) is 4. The number of hydrogen-bond donors (Lipinski definition) is 0. The molecular weight excluding hydrogens is 497 g/mol. The zero-order valence-electron chi connectivity index (χ0n) is 20.8. The molecule has 0 spiro atoms. The molecule has 1 fully saturated rings. The van der Waals surface area contributed by atoms with Gasteiger partial charge in [-0.2, -0.15) is 22.0 Å². The molecule has 0 atom stereocenters. The van der Waals surface area contributed by atoms with E-state index in [2.05, 4.69) is 11.3 Å². The highest BCUT2D eigenvalue weighted by atomic mass is 31.2. The van der Waals surface area contributed by atoms with Crippen LogP contribution in [-0.4, -0.2) is 23.0 Å². The largest absolute Gasteiger partial charge is 0.477 e. The van der Waals surface area contributed by atoms with Crippen LogP contribution < -0.4 is 4.74 Å². The Morgan fingerprint density at radius 2 is 1.37 bits per heavy atom. The maximum absolute atomic E-state index is 15.1. The predicted molar refractivity (Wildman–Crippen MR) is 121 cm³/mol. The fourth-order valence-corrected chi connectivity index (χ4v) is 5.89. The lowest BCUT2D eigenvalue weighted by molar-refractivity contribution is -0.283. The Morgan fingerprint density at radius 3 is 1.80 bits per heavy atom. The summed E-state index contributed by atoms with van der Waals surface area (Å²) in [5.74, 6) is -4.86. The number of benzene rings is 1. The van der Waals surface area contributed by atoms with Gasteiger partial charge in [-0.1, -0.05) is 12.1 Å². The molecule has 1 aromatic rings. The highest BCUT2D eigenvalue weighted by Crippen LogP contribution is 2.70. The minimum Gasteiger partial charge on any atom is -0.424 e. The quantitative estimate of drug-likeness (QED) is 0.191. The van der Waals surface area contributed by atoms with Gasteiger partial charge in [0.2, 0.25) is 5.82 Å². The Bertz CT molecular complexity index is 940. The van der Waals surface area contributed by atoms with Crippen LogP contribution in [0, 0.1) is 17.6 Å². The van der Waals surface area contributed by atoms with Gasteiger partial charge in [-0.05, 0) is 90.7 Å². The van der Waals surface area contributed by atoms with Crippen molar-refractivity contribution in [3.05, 3.63) is 42.0 Å². The zero-order chi connectivity index (χ0) is 27.0. The van der Waals surface area contributed by atoms with E-state index in [1.54, 1.807) is 6.08 Å². The molecule has 0 bridgehead atoms. The summed E-state index contributed by atoms with van der Waals surface area (Å²) in [5, 5.41) is 0. The van der Waals surface area contributed by atoms with Crippen LogP contribution in [-0.2, 0) is 13.6 Å². The van der Waals surface area contributed by atoms with Gasteiger partial charge in [0.15, 0.2) is 11.6 Å². The van der Waals surface area contributed by atoms with Gasteiger partial charge in [-0.25, -0.2) is 4.39 Å². The van der Waals surface area contributed by atoms with Crippen molar-refractivity contribution in [1.29, 1.82) is 0 Å². The minimum absolute atomic E-state index is 0.0507. The molecular formula is C24H33F6O4P. The number of alkyl halides is 4. The third-order valence-corrected chi connectivity index (χ3v) is 7.87. The summed E-state index contributed by atoms with van der Waals surface area (Å²) in [7, 11) is -5.92. The molecule has 1 saturated carbocycles. The van der Waals surface area contributed by atoms with Gasteiger partial charge < -0.3 is 4.74 Å². The Kier molecular flexibility index (Phi) is 8.57. The van der Waals surface area contributed by atoms with E-state index in [0.717, 1.165) is 6.07 Å². The van der Waals surface area contributed by atoms with E-state index in [4.69, 9.17) is 9.05 Å². The number of allylic oxidation sites excluding steroid dienone is 1. The third-order valence-electron chi connectivity index (χ3n) is 5.34. The standard InChI is InChI=1S/C24H33F6O4P/c1-8-15-9-11-16(12-10-15)17-13-14-18(20(26)19(17)25)32-23(27,28)24(29,30)35(31,33-21(2,3)4)34-22(5,6)7/h8,13-16H,1,9-12H2,2-7H3/t15-,16-. The van der Waals surface area contributed by atoms with Crippen LogP contribution in [0.25, 0.3) is 0 Å². The van der Waals surface area contributed by atoms with Crippen molar-refractivity contribution in [1.82, 2.24) is 0 Å². The maximum atomic E-state index is 15.1. The average molecular weight is 530 g/mol. The summed E-state index contributed by atoms with van der Waals surface area (Å²) in [4.78, 5) is 0. The van der Waals surface area contributed by atoms with E-state index in [1.807, 2.05) is 0 Å². The predicted octanol–water partition coefficient (Wildman–Crippen LogP) is 8.81. The first-order valence-electron chi connectivity index (χ1n) is 11.3. The van der Waals surface area contributed by atoms with E-state index in [-0.39, 0.29) is 17.4 Å². The molecule has 0 aromatic heterocycles. The Morgan fingerprint density at radius 1 is 0.886 bits per heavy atom. The monoisotopic (exact) mass is 530 g/mol. The second kappa shape index (κ2) is 10.1. The second-order valence-corrected chi connectivity index (χ2v) is 12.6. The SMILES string of the molecule is C=C[C@H]1CC[C@H](c2ccc(OC(F)(F)C(F)(F)P(=O)(OC(C)(C)C)OC(C)(C)C)c(F)c2F)CC1. The smallest absolute Gasteiger partial charge is 0.424 e. The van der Waals surface area contributed by atoms with Gasteiger partial charge in [0.05, 0.1) is 11.2 Å². The molecule has 0 radical (unpaired) electrons. The fourth-order valence-electron chi connectivity index (χ4n) is 3.82. The molecule has 35 heavy (non-hydrogen) atoms. The van der Waals surface area contributed by atoms with Crippen molar-refractivity contribution in [3.63, 3.8) is 0 Å². The molecule has 0 aliphatic heterocycles. The van der Waals surface area contributed by atoms with Gasteiger partial charge in [0.1, 0.15) is 0 Å². The average Bonchev–Trinajstić information content (AvgIpc) is 2.68. The number of rotatable bonds is 8. The van der Waals surface area contributed by atoms with Crippen molar-refractivity contribution in [2.45, 2.75) is 96.1 Å². The van der Waals surface area contributed by atoms with Crippen LogP contribution in [0.1, 0.15) is 78.7 Å². The van der Waals surface area contributed by atoms with Crippen molar-refractivity contribution < 1.29 is 44.7 Å². The molecule has 0 heterocycles. The van der Waals surface area contributed by atoms with Gasteiger partial charge >= 0.3 is 19.4 Å². The molecule has 0 unspecified atom stereocenters. The normalized spacial score (nSPS) is 20.6. The van der Waals surface area contributed by atoms with Gasteiger partial charge in [-0.15, -0.1) is 6.58 Å². The molecule has 200 valence electrons. The van der Waals surface area contributed by atoms with Crippen LogP contribution >= 0.6 is 7.60 Å². The van der Waals surface area contributed by atoms with E-state index in [9.17, 15) is 22.1 Å². The molecule has 0 amide bonds. The molecule has 1 aliphatic carbocycles. The zero-order valence-corrected chi connectivity index (χ0v) is 21.7. The Hall–Kier alpha value is -1.51. The van der Waals surface area contributed by atoms with E-state index < -0.39 is 48.0 Å². The lowest BCUT2D eigenvalue weighted by Crippen LogP contribution is -2.48. The van der Waals surface area contributed by atoms with E-state index in [0.29, 0.717) is 31.7 Å². The van der Waals surface area contributed by atoms with Gasteiger partial charge in [-0.3, -0.25) is 13.6 Å². The maximum Gasteiger partial charge on any atom is 0.477 e. The van der Waals surface area contributed by atoms with Crippen molar-refractivity contribution >= 4 is 7.60 Å². The second-order valence-electron chi connectivity index (χ2n) is 10.7. The molecule has 0 saturated heterocycles. The first kappa shape index (κ1) is 29.7. The lowest BCUT2D eigenvalue weighted by Gasteiger charge is -2.37. The summed E-state index contributed by atoms with van der Waals surface area (Å²) in [6.07, 6.45) is -1.32. The summed E-state index contributed by atoms with van der Waals surface area (Å²) in [5.41, 5.74) is -8.76. The van der Waals surface area contributed by atoms with E-state index >= 15 is 8.78 Å². The minimum atomic E-state index is -5.92. The van der Waals surface area contributed by atoms with Crippen LogP contribution in [0.4, 0.5) is 26.3 Å². The van der Waals surface area contributed by atoms with Crippen LogP contribution in [0.5, 0.6) is 5.75 Å². The third kappa shape index (κ3) is 6.83. The Labute approximate surface area is 202 Å². The molecule has 0 N–H and O–H groups in total. The summed E-state index contributed by atoms with van der Waals surface area (Å²) in [6, 6.07) is 1.70. The van der Waals surface area contributed by atoms with Crippen LogP contribution in [0.2, 0.25) is 0 Å². The van der Waals surface area contributed by atoms with Crippen LogP contribution in [0.3, 0.4) is 0 Å². The lowest BCUT2D eigenvalue weighted by atomic mass is 9.78. The fraction of sp³-hybridized carbons (Fsp3) is 0.667. The number of ether oxygens (including phenoxy) is 1. The molecule has 1 aromatic carbocycles. The highest BCUT2D eigenvalue weighted by Gasteiger charge is 2.74. The first-order valence-corrected chi connectivity index (χ1v) is 12.8. The van der Waals surface area contributed by atoms with Crippen molar-refractivity contribution in [2.24, 2.45) is 5.92 Å². The summed E-state index contributed by atoms with van der Waals surface area (Å²) < 4.78 is 116. The summed E-state index contributed by atoms with van der Waals surface area (Å²) >= 11 is 0. The van der Waals surface area contributed by atoms with Gasteiger partial charge in [0.25, 0.3) is 0 Å². The topological polar surface area (TPSA) is 44.8 Å². The van der Waals surface area contributed by atoms with E-state index in [1.165, 1.54) is 41.5 Å². The van der Waals surface area contributed by atoms with Crippen LogP contribution in [0.15, 0.2) is 24.8 Å². The molecule has 11 heteroatoms. The Balaban J connectivity index is 2.38.